The highest BCUT2D eigenvalue weighted by Gasteiger charge is 2.44. The predicted octanol–water partition coefficient (Wildman–Crippen LogP) is 14.2. The van der Waals surface area contributed by atoms with Gasteiger partial charge in [0.05, 0.1) is 25.4 Å². The van der Waals surface area contributed by atoms with Crippen molar-refractivity contribution in [3.05, 3.63) is 24.3 Å². The van der Waals surface area contributed by atoms with Crippen molar-refractivity contribution in [2.75, 3.05) is 13.2 Å². The monoisotopic (exact) mass is 950 g/mol. The van der Waals surface area contributed by atoms with Gasteiger partial charge in [0.2, 0.25) is 5.91 Å². The average molecular weight is 951 g/mol. The lowest BCUT2D eigenvalue weighted by Crippen LogP contribution is -2.60. The van der Waals surface area contributed by atoms with Gasteiger partial charge in [-0.3, -0.25) is 4.79 Å². The number of nitrogens with one attached hydrogen (secondary N) is 1. The van der Waals surface area contributed by atoms with E-state index in [1.54, 1.807) is 0 Å². The predicted molar refractivity (Wildman–Crippen MR) is 281 cm³/mol. The Morgan fingerprint density at radius 3 is 1.33 bits per heavy atom. The lowest BCUT2D eigenvalue weighted by molar-refractivity contribution is -0.302. The van der Waals surface area contributed by atoms with Crippen LogP contribution in [-0.2, 0) is 14.3 Å². The van der Waals surface area contributed by atoms with E-state index >= 15 is 0 Å². The molecular weight excluding hydrogens is 839 g/mol. The van der Waals surface area contributed by atoms with E-state index in [-0.39, 0.29) is 12.5 Å². The standard InChI is InChI=1S/C58H111NO8/c1-3-5-7-9-11-13-15-17-19-20-21-22-23-24-25-26-27-28-29-30-31-32-33-34-35-37-39-41-43-45-47-52(61)51(50-66-58-57(65)56(64)55(63)53(49-60)67-58)59-54(62)48-46-44-42-40-38-36-18-16-14-12-10-8-6-4-2/h10,12,16,18,51-53,55-58,60-61,63-65H,3-9,11,13-15,17,19-50H2,1-2H3,(H,59,62)/b12-10-,18-16-. The molecule has 6 N–H and O–H groups in total. The molecule has 9 heteroatoms. The molecule has 0 aromatic heterocycles. The van der Waals surface area contributed by atoms with E-state index in [0.717, 1.165) is 64.2 Å². The molecule has 0 aromatic carbocycles. The Morgan fingerprint density at radius 2 is 0.896 bits per heavy atom. The Bertz CT molecular complexity index is 1100. The summed E-state index contributed by atoms with van der Waals surface area (Å²) in [6, 6.07) is -0.725. The van der Waals surface area contributed by atoms with Crippen LogP contribution in [0.1, 0.15) is 284 Å². The maximum absolute atomic E-state index is 13.0. The molecule has 67 heavy (non-hydrogen) atoms. The molecule has 0 bridgehead atoms. The molecule has 1 amide bonds. The van der Waals surface area contributed by atoms with E-state index in [1.165, 1.54) is 193 Å². The highest BCUT2D eigenvalue weighted by molar-refractivity contribution is 5.76. The van der Waals surface area contributed by atoms with Crippen molar-refractivity contribution in [1.29, 1.82) is 0 Å². The normalized spacial score (nSPS) is 19.8. The topological polar surface area (TPSA) is 149 Å². The summed E-state index contributed by atoms with van der Waals surface area (Å²) in [6.07, 6.45) is 53.7. The molecule has 7 atom stereocenters. The van der Waals surface area contributed by atoms with Crippen LogP contribution < -0.4 is 5.32 Å². The van der Waals surface area contributed by atoms with Crippen LogP contribution in [0.25, 0.3) is 0 Å². The molecule has 0 saturated carbocycles. The van der Waals surface area contributed by atoms with Crippen molar-refractivity contribution < 1.29 is 39.8 Å². The van der Waals surface area contributed by atoms with E-state index in [4.69, 9.17) is 9.47 Å². The van der Waals surface area contributed by atoms with Gasteiger partial charge < -0.3 is 40.3 Å². The third-order valence-corrected chi connectivity index (χ3v) is 14.1. The summed E-state index contributed by atoms with van der Waals surface area (Å²) >= 11 is 0. The van der Waals surface area contributed by atoms with Gasteiger partial charge in [-0.25, -0.2) is 0 Å². The number of ether oxygens (including phenoxy) is 2. The fourth-order valence-electron chi connectivity index (χ4n) is 9.42. The lowest BCUT2D eigenvalue weighted by Gasteiger charge is -2.40. The Morgan fingerprint density at radius 1 is 0.507 bits per heavy atom. The third-order valence-electron chi connectivity index (χ3n) is 14.1. The van der Waals surface area contributed by atoms with Crippen LogP contribution in [-0.4, -0.2) is 87.5 Å². The highest BCUT2D eigenvalue weighted by atomic mass is 16.7. The third kappa shape index (κ3) is 38.1. The molecule has 1 fully saturated rings. The van der Waals surface area contributed by atoms with Crippen molar-refractivity contribution in [1.82, 2.24) is 5.32 Å². The van der Waals surface area contributed by atoms with Gasteiger partial charge in [-0.2, -0.15) is 0 Å². The quantitative estimate of drug-likeness (QED) is 0.0261. The molecule has 396 valence electrons. The second-order valence-electron chi connectivity index (χ2n) is 20.4. The Kier molecular flexibility index (Phi) is 45.9. The first-order valence-corrected chi connectivity index (χ1v) is 29.0. The molecule has 0 aromatic rings. The van der Waals surface area contributed by atoms with Crippen LogP contribution in [0.15, 0.2) is 24.3 Å². The number of rotatable bonds is 50. The van der Waals surface area contributed by atoms with Gasteiger partial charge >= 0.3 is 0 Å². The first-order chi connectivity index (χ1) is 32.8. The zero-order chi connectivity index (χ0) is 48.7. The molecule has 0 radical (unpaired) electrons. The Hall–Kier alpha value is -1.33. The average Bonchev–Trinajstić information content (AvgIpc) is 3.33. The fraction of sp³-hybridized carbons (Fsp3) is 0.914. The van der Waals surface area contributed by atoms with Gasteiger partial charge in [0, 0.05) is 6.42 Å². The molecule has 1 heterocycles. The second kappa shape index (κ2) is 48.3. The first-order valence-electron chi connectivity index (χ1n) is 29.0. The van der Waals surface area contributed by atoms with Gasteiger partial charge in [-0.15, -0.1) is 0 Å². The molecule has 9 nitrogen and oxygen atoms in total. The smallest absolute Gasteiger partial charge is 0.220 e. The van der Waals surface area contributed by atoms with Crippen molar-refractivity contribution in [2.45, 2.75) is 326 Å². The number of carbonyl (C=O) groups excluding carboxylic acids is 1. The highest BCUT2D eigenvalue weighted by Crippen LogP contribution is 2.23. The van der Waals surface area contributed by atoms with E-state index in [2.05, 4.69) is 43.5 Å². The largest absolute Gasteiger partial charge is 0.394 e. The van der Waals surface area contributed by atoms with Crippen molar-refractivity contribution >= 4 is 5.91 Å². The van der Waals surface area contributed by atoms with Crippen LogP contribution in [0.3, 0.4) is 0 Å². The molecule has 1 aliphatic rings. The van der Waals surface area contributed by atoms with Gasteiger partial charge in [-0.1, -0.05) is 263 Å². The summed E-state index contributed by atoms with van der Waals surface area (Å²) in [6.45, 7) is 3.81. The summed E-state index contributed by atoms with van der Waals surface area (Å²) in [7, 11) is 0. The van der Waals surface area contributed by atoms with Crippen LogP contribution in [0.4, 0.5) is 0 Å². The van der Waals surface area contributed by atoms with Gasteiger partial charge in [0.1, 0.15) is 24.4 Å². The number of aliphatic hydroxyl groups is 5. The summed E-state index contributed by atoms with van der Waals surface area (Å²) < 4.78 is 11.3. The molecule has 7 unspecified atom stereocenters. The summed E-state index contributed by atoms with van der Waals surface area (Å²) in [5.41, 5.74) is 0. The number of aliphatic hydroxyl groups excluding tert-OH is 5. The fourth-order valence-corrected chi connectivity index (χ4v) is 9.42. The van der Waals surface area contributed by atoms with Crippen LogP contribution >= 0.6 is 0 Å². The van der Waals surface area contributed by atoms with Crippen molar-refractivity contribution in [3.63, 3.8) is 0 Å². The number of hydrogen-bond donors (Lipinski definition) is 6. The van der Waals surface area contributed by atoms with E-state index in [9.17, 15) is 30.3 Å². The molecule has 1 saturated heterocycles. The SMILES string of the molecule is CCCC/C=C\C/C=C\CCCCCCCC(=O)NC(COC1OC(CO)C(O)C(O)C1O)C(O)CCCCCCCCCCCCCCCCCCCCCCCCCCCCCCCC. The van der Waals surface area contributed by atoms with Crippen LogP contribution in [0.5, 0.6) is 0 Å². The number of unbranched alkanes of at least 4 members (excludes halogenated alkanes) is 36. The summed E-state index contributed by atoms with van der Waals surface area (Å²) in [4.78, 5) is 13.0. The van der Waals surface area contributed by atoms with E-state index in [1.807, 2.05) is 0 Å². The number of carbonyl (C=O) groups is 1. The van der Waals surface area contributed by atoms with E-state index < -0.39 is 49.5 Å². The van der Waals surface area contributed by atoms with Gasteiger partial charge in [-0.05, 0) is 38.5 Å². The van der Waals surface area contributed by atoms with Crippen molar-refractivity contribution in [3.8, 4) is 0 Å². The van der Waals surface area contributed by atoms with Gasteiger partial charge in [0.25, 0.3) is 0 Å². The second-order valence-corrected chi connectivity index (χ2v) is 20.4. The van der Waals surface area contributed by atoms with Crippen LogP contribution in [0.2, 0.25) is 0 Å². The number of amides is 1. The minimum atomic E-state index is -1.56. The molecule has 0 aliphatic carbocycles. The molecule has 0 spiro atoms. The first kappa shape index (κ1) is 63.7. The number of allylic oxidation sites excluding steroid dienone is 4. The minimum absolute atomic E-state index is 0.142. The zero-order valence-electron chi connectivity index (χ0n) is 43.9. The van der Waals surface area contributed by atoms with E-state index in [0.29, 0.717) is 12.8 Å². The van der Waals surface area contributed by atoms with Gasteiger partial charge in [0.15, 0.2) is 6.29 Å². The Balaban J connectivity index is 2.13. The summed E-state index contributed by atoms with van der Waals surface area (Å²) in [5.74, 6) is -0.155. The minimum Gasteiger partial charge on any atom is -0.394 e. The molecular formula is C58H111NO8. The van der Waals surface area contributed by atoms with Crippen LogP contribution in [0, 0.1) is 0 Å². The molecule has 1 rings (SSSR count). The number of hydrogen-bond acceptors (Lipinski definition) is 8. The zero-order valence-corrected chi connectivity index (χ0v) is 43.9. The summed E-state index contributed by atoms with van der Waals surface area (Å²) in [5, 5.41) is 54.6. The van der Waals surface area contributed by atoms with Crippen molar-refractivity contribution in [2.24, 2.45) is 0 Å². The molecule has 1 aliphatic heterocycles. The Labute approximate surface area is 413 Å². The maximum Gasteiger partial charge on any atom is 0.220 e. The lowest BCUT2D eigenvalue weighted by atomic mass is 9.99. The maximum atomic E-state index is 13.0.